The van der Waals surface area contributed by atoms with Crippen molar-refractivity contribution in [1.82, 2.24) is 4.98 Å². The molecular formula is C26H17N3O3S. The maximum atomic E-state index is 13.4. The first-order chi connectivity index (χ1) is 16.1. The number of rotatable bonds is 5. The lowest BCUT2D eigenvalue weighted by Gasteiger charge is -2.14. The Kier molecular flexibility index (Phi) is 5.38. The van der Waals surface area contributed by atoms with E-state index in [2.05, 4.69) is 9.98 Å². The zero-order valence-electron chi connectivity index (χ0n) is 17.3. The van der Waals surface area contributed by atoms with Gasteiger partial charge in [0.05, 0.1) is 15.8 Å². The summed E-state index contributed by atoms with van der Waals surface area (Å²) in [5, 5.41) is 9.72. The number of amides is 1. The molecule has 0 saturated carbocycles. The van der Waals surface area contributed by atoms with Crippen LogP contribution in [-0.4, -0.2) is 27.8 Å². The van der Waals surface area contributed by atoms with Crippen LogP contribution >= 0.6 is 11.3 Å². The molecule has 0 radical (unpaired) electrons. The van der Waals surface area contributed by atoms with Gasteiger partial charge in [0.2, 0.25) is 0 Å². The number of aliphatic imine (C=N–C) groups is 1. The number of carbonyl (C=O) groups is 2. The Labute approximate surface area is 193 Å². The Hall–Kier alpha value is -4.36. The van der Waals surface area contributed by atoms with E-state index < -0.39 is 5.97 Å². The van der Waals surface area contributed by atoms with E-state index in [1.165, 1.54) is 22.3 Å². The lowest BCUT2D eigenvalue weighted by molar-refractivity contribution is -0.113. The number of anilines is 1. The second kappa shape index (κ2) is 8.64. The van der Waals surface area contributed by atoms with Gasteiger partial charge in [0.1, 0.15) is 11.5 Å². The molecule has 1 amide bonds. The van der Waals surface area contributed by atoms with Crippen LogP contribution in [0.2, 0.25) is 0 Å². The number of hydrogen-bond donors (Lipinski definition) is 1. The number of benzene rings is 3. The minimum Gasteiger partial charge on any atom is -0.478 e. The summed E-state index contributed by atoms with van der Waals surface area (Å²) >= 11 is 1.26. The van der Waals surface area contributed by atoms with Crippen molar-refractivity contribution < 1.29 is 14.7 Å². The molecule has 4 aromatic rings. The summed E-state index contributed by atoms with van der Waals surface area (Å²) in [7, 11) is 0. The number of carbonyl (C=O) groups excluding carboxylic acids is 1. The van der Waals surface area contributed by atoms with Crippen molar-refractivity contribution in [3.63, 3.8) is 0 Å². The lowest BCUT2D eigenvalue weighted by Crippen LogP contribution is -2.32. The van der Waals surface area contributed by atoms with Crippen molar-refractivity contribution in [3.05, 3.63) is 113 Å². The molecule has 2 heterocycles. The van der Waals surface area contributed by atoms with Crippen LogP contribution in [0.15, 0.2) is 102 Å². The number of aromatic carboxylic acids is 1. The zero-order chi connectivity index (χ0) is 22.8. The number of allylic oxidation sites excluding steroid dienone is 2. The van der Waals surface area contributed by atoms with Gasteiger partial charge in [-0.3, -0.25) is 4.79 Å². The van der Waals surface area contributed by atoms with Crippen LogP contribution in [-0.2, 0) is 4.79 Å². The van der Waals surface area contributed by atoms with E-state index in [0.717, 1.165) is 11.1 Å². The van der Waals surface area contributed by atoms with Crippen LogP contribution in [0.3, 0.4) is 0 Å². The first-order valence-corrected chi connectivity index (χ1v) is 11.0. The Balaban J connectivity index is 1.55. The Morgan fingerprint density at radius 1 is 0.970 bits per heavy atom. The highest BCUT2D eigenvalue weighted by Gasteiger charge is 2.34. The van der Waals surface area contributed by atoms with Gasteiger partial charge in [-0.2, -0.15) is 0 Å². The maximum Gasteiger partial charge on any atom is 0.335 e. The largest absolute Gasteiger partial charge is 0.478 e. The van der Waals surface area contributed by atoms with Crippen molar-refractivity contribution in [1.29, 1.82) is 0 Å². The van der Waals surface area contributed by atoms with Gasteiger partial charge in [0.15, 0.2) is 5.13 Å². The number of aromatic nitrogens is 1. The summed E-state index contributed by atoms with van der Waals surface area (Å²) in [6.07, 6.45) is 5.40. The predicted molar refractivity (Wildman–Crippen MR) is 131 cm³/mol. The summed E-state index contributed by atoms with van der Waals surface area (Å²) in [5.41, 5.74) is 2.90. The van der Waals surface area contributed by atoms with Gasteiger partial charge in [0, 0.05) is 5.56 Å². The topological polar surface area (TPSA) is 82.9 Å². The summed E-state index contributed by atoms with van der Waals surface area (Å²) in [5.74, 6) is -0.812. The molecular weight excluding hydrogens is 434 g/mol. The highest BCUT2D eigenvalue weighted by Crippen LogP contribution is 2.34. The highest BCUT2D eigenvalue weighted by atomic mass is 32.1. The average Bonchev–Trinajstić information content (AvgIpc) is 3.40. The van der Waals surface area contributed by atoms with Crippen molar-refractivity contribution in [2.24, 2.45) is 4.99 Å². The van der Waals surface area contributed by atoms with Crippen molar-refractivity contribution >= 4 is 50.5 Å². The molecule has 160 valence electrons. The van der Waals surface area contributed by atoms with Crippen LogP contribution in [0.1, 0.15) is 21.5 Å². The van der Waals surface area contributed by atoms with Gasteiger partial charge < -0.3 is 5.11 Å². The molecule has 0 spiro atoms. The average molecular weight is 452 g/mol. The third-order valence-corrected chi connectivity index (χ3v) is 6.05. The molecule has 0 fully saturated rings. The molecule has 3 aromatic carbocycles. The maximum absolute atomic E-state index is 13.4. The summed E-state index contributed by atoms with van der Waals surface area (Å²) in [4.78, 5) is 35.4. The molecule has 1 N–H and O–H groups in total. The molecule has 7 heteroatoms. The number of fused-ring (bicyclic) bond motifs is 1. The smallest absolute Gasteiger partial charge is 0.335 e. The molecule has 0 saturated heterocycles. The molecule has 0 atom stereocenters. The van der Waals surface area contributed by atoms with Crippen LogP contribution in [0.5, 0.6) is 0 Å². The fourth-order valence-corrected chi connectivity index (χ4v) is 4.45. The first-order valence-electron chi connectivity index (χ1n) is 10.2. The minimum atomic E-state index is -1.01. The summed E-state index contributed by atoms with van der Waals surface area (Å²) < 4.78 is 0.687. The minimum absolute atomic E-state index is 0.175. The molecule has 1 aliphatic rings. The fourth-order valence-electron chi connectivity index (χ4n) is 3.45. The molecule has 6 nitrogen and oxygen atoms in total. The number of carboxylic acids is 1. The molecule has 33 heavy (non-hydrogen) atoms. The SMILES string of the molecule is O=C(O)c1ccc2nc(N3C(=O)/C(=C/C=C/c4ccccc4)N=C3c3ccccc3)sc2c1. The standard InChI is InChI=1S/C26H17N3O3S/c30-24-21(13-7-10-17-8-3-1-4-9-17)27-23(18-11-5-2-6-12-18)29(24)26-28-20-15-14-19(25(31)32)16-22(20)33-26/h1-16H,(H,31,32)/b10-7+,21-13-. The second-order valence-electron chi connectivity index (χ2n) is 7.25. The van der Waals surface area contributed by atoms with E-state index >= 15 is 0 Å². The van der Waals surface area contributed by atoms with Gasteiger partial charge in [0.25, 0.3) is 5.91 Å². The molecule has 1 aromatic heterocycles. The number of hydrogen-bond acceptors (Lipinski definition) is 5. The molecule has 1 aliphatic heterocycles. The molecule has 0 unspecified atom stereocenters. The number of nitrogens with zero attached hydrogens (tertiary/aromatic N) is 3. The van der Waals surface area contributed by atoms with Crippen LogP contribution in [0.4, 0.5) is 5.13 Å². The number of thiazole rings is 1. The van der Waals surface area contributed by atoms with E-state index in [1.54, 1.807) is 24.3 Å². The summed E-state index contributed by atoms with van der Waals surface area (Å²) in [6.45, 7) is 0. The number of amidine groups is 1. The van der Waals surface area contributed by atoms with E-state index in [4.69, 9.17) is 0 Å². The Morgan fingerprint density at radius 3 is 2.42 bits per heavy atom. The van der Waals surface area contributed by atoms with E-state index in [1.807, 2.05) is 66.7 Å². The quantitative estimate of drug-likeness (QED) is 0.413. The van der Waals surface area contributed by atoms with Gasteiger partial charge >= 0.3 is 5.97 Å². The monoisotopic (exact) mass is 451 g/mol. The van der Waals surface area contributed by atoms with Crippen molar-refractivity contribution in [3.8, 4) is 0 Å². The normalized spacial score (nSPS) is 15.0. The lowest BCUT2D eigenvalue weighted by atomic mass is 10.2. The fraction of sp³-hybridized carbons (Fsp3) is 0. The van der Waals surface area contributed by atoms with Crippen molar-refractivity contribution in [2.75, 3.05) is 4.90 Å². The third-order valence-electron chi connectivity index (χ3n) is 5.05. The van der Waals surface area contributed by atoms with Crippen LogP contribution in [0.25, 0.3) is 16.3 Å². The third kappa shape index (κ3) is 4.09. The van der Waals surface area contributed by atoms with Gasteiger partial charge in [-0.05, 0) is 29.8 Å². The highest BCUT2D eigenvalue weighted by molar-refractivity contribution is 7.22. The summed E-state index contributed by atoms with van der Waals surface area (Å²) in [6, 6.07) is 24.0. The van der Waals surface area contributed by atoms with Gasteiger partial charge in [-0.15, -0.1) is 0 Å². The Morgan fingerprint density at radius 2 is 1.70 bits per heavy atom. The van der Waals surface area contributed by atoms with Gasteiger partial charge in [-0.25, -0.2) is 19.7 Å². The second-order valence-corrected chi connectivity index (χ2v) is 8.26. The predicted octanol–water partition coefficient (Wildman–Crippen LogP) is 5.39. The molecule has 0 aliphatic carbocycles. The van der Waals surface area contributed by atoms with E-state index in [0.29, 0.717) is 26.9 Å². The van der Waals surface area contributed by atoms with E-state index in [9.17, 15) is 14.7 Å². The molecule has 5 rings (SSSR count). The van der Waals surface area contributed by atoms with Crippen molar-refractivity contribution in [2.45, 2.75) is 0 Å². The number of carboxylic acid groups (broad SMARTS) is 1. The Bertz CT molecular complexity index is 1450. The molecule has 0 bridgehead atoms. The van der Waals surface area contributed by atoms with Crippen LogP contribution in [0, 0.1) is 0 Å². The zero-order valence-corrected chi connectivity index (χ0v) is 18.1. The van der Waals surface area contributed by atoms with Crippen LogP contribution < -0.4 is 4.90 Å². The first kappa shape index (κ1) is 20.5. The van der Waals surface area contributed by atoms with Gasteiger partial charge in [-0.1, -0.05) is 84.2 Å². The van der Waals surface area contributed by atoms with E-state index in [-0.39, 0.29) is 11.5 Å².